The predicted octanol–water partition coefficient (Wildman–Crippen LogP) is 3.39. The van der Waals surface area contributed by atoms with E-state index in [1.54, 1.807) is 46.0 Å². The van der Waals surface area contributed by atoms with E-state index >= 15 is 4.39 Å². The van der Waals surface area contributed by atoms with Gasteiger partial charge in [-0.25, -0.2) is 9.37 Å². The van der Waals surface area contributed by atoms with E-state index < -0.39 is 11.7 Å². The number of primary amides is 1. The van der Waals surface area contributed by atoms with Crippen LogP contribution in [-0.2, 0) is 4.79 Å². The van der Waals surface area contributed by atoms with Crippen molar-refractivity contribution in [2.45, 2.75) is 12.3 Å². The Labute approximate surface area is 200 Å². The second-order valence-electron chi connectivity index (χ2n) is 8.41. The molecule has 2 amide bonds. The molecule has 1 aliphatic heterocycles. The van der Waals surface area contributed by atoms with Crippen LogP contribution >= 0.6 is 0 Å². The third kappa shape index (κ3) is 3.71. The van der Waals surface area contributed by atoms with E-state index in [1.165, 1.54) is 12.1 Å². The van der Waals surface area contributed by atoms with Gasteiger partial charge in [-0.2, -0.15) is 0 Å². The number of likely N-dealkylation sites (tertiary alicyclic amines) is 1. The SMILES string of the molecule is C=CC(=O)N1CCC(c2cc(-c3ccc(C(N)=O)c(F)c3-c3ccccn3)n3c(N)nccc23)C1. The summed E-state index contributed by atoms with van der Waals surface area (Å²) in [4.78, 5) is 34.4. The summed E-state index contributed by atoms with van der Waals surface area (Å²) in [5.74, 6) is -1.45. The topological polar surface area (TPSA) is 120 Å². The first-order valence-electron chi connectivity index (χ1n) is 11.1. The van der Waals surface area contributed by atoms with Crippen LogP contribution < -0.4 is 11.5 Å². The van der Waals surface area contributed by atoms with Crippen molar-refractivity contribution in [2.24, 2.45) is 5.73 Å². The molecule has 1 aromatic carbocycles. The van der Waals surface area contributed by atoms with E-state index in [1.807, 2.05) is 12.1 Å². The van der Waals surface area contributed by atoms with Crippen LogP contribution in [0.3, 0.4) is 0 Å². The fourth-order valence-electron chi connectivity index (χ4n) is 4.81. The molecule has 9 heteroatoms. The highest BCUT2D eigenvalue weighted by molar-refractivity contribution is 5.97. The van der Waals surface area contributed by atoms with Crippen LogP contribution in [0.25, 0.3) is 28.0 Å². The Kier molecular flexibility index (Phi) is 5.52. The van der Waals surface area contributed by atoms with Crippen LogP contribution in [0.5, 0.6) is 0 Å². The lowest BCUT2D eigenvalue weighted by molar-refractivity contribution is -0.125. The van der Waals surface area contributed by atoms with Gasteiger partial charge in [-0.1, -0.05) is 18.7 Å². The summed E-state index contributed by atoms with van der Waals surface area (Å²) in [5, 5.41) is 0. The Morgan fingerprint density at radius 2 is 1.97 bits per heavy atom. The molecule has 4 N–H and O–H groups in total. The summed E-state index contributed by atoms with van der Waals surface area (Å²) >= 11 is 0. The van der Waals surface area contributed by atoms with Crippen LogP contribution in [0.15, 0.2) is 67.5 Å². The van der Waals surface area contributed by atoms with Gasteiger partial charge in [0, 0.05) is 42.5 Å². The molecule has 1 aliphatic rings. The van der Waals surface area contributed by atoms with Crippen molar-refractivity contribution >= 4 is 23.3 Å². The highest BCUT2D eigenvalue weighted by Gasteiger charge is 2.30. The number of carbonyl (C=O) groups is 2. The van der Waals surface area contributed by atoms with Gasteiger partial charge in [0.25, 0.3) is 5.91 Å². The second kappa shape index (κ2) is 8.68. The largest absolute Gasteiger partial charge is 0.369 e. The lowest BCUT2D eigenvalue weighted by Crippen LogP contribution is -2.26. The third-order valence-corrected chi connectivity index (χ3v) is 6.46. The minimum atomic E-state index is -0.869. The summed E-state index contributed by atoms with van der Waals surface area (Å²) < 4.78 is 17.5. The van der Waals surface area contributed by atoms with Crippen molar-refractivity contribution < 1.29 is 14.0 Å². The average molecular weight is 471 g/mol. The number of nitrogens with zero attached hydrogens (tertiary/aromatic N) is 4. The van der Waals surface area contributed by atoms with E-state index in [2.05, 4.69) is 16.5 Å². The number of carbonyl (C=O) groups excluding carboxylic acids is 2. The monoisotopic (exact) mass is 470 g/mol. The zero-order chi connectivity index (χ0) is 24.7. The van der Waals surface area contributed by atoms with E-state index in [-0.39, 0.29) is 28.9 Å². The number of hydrogen-bond acceptors (Lipinski definition) is 5. The van der Waals surface area contributed by atoms with Gasteiger partial charge < -0.3 is 16.4 Å². The van der Waals surface area contributed by atoms with Crippen LogP contribution in [0.2, 0.25) is 0 Å². The molecule has 1 atom stereocenters. The summed E-state index contributed by atoms with van der Waals surface area (Å²) in [6.07, 6.45) is 5.26. The van der Waals surface area contributed by atoms with Crippen molar-refractivity contribution in [1.82, 2.24) is 19.3 Å². The maximum absolute atomic E-state index is 15.7. The summed E-state index contributed by atoms with van der Waals surface area (Å²) in [6, 6.07) is 11.9. The number of halogens is 1. The highest BCUT2D eigenvalue weighted by Crippen LogP contribution is 2.40. The predicted molar refractivity (Wildman–Crippen MR) is 131 cm³/mol. The maximum atomic E-state index is 15.7. The number of nitrogens with two attached hydrogens (primary N) is 2. The molecule has 8 nitrogen and oxygen atoms in total. The van der Waals surface area contributed by atoms with E-state index in [9.17, 15) is 9.59 Å². The molecular formula is C26H23FN6O2. The van der Waals surface area contributed by atoms with Gasteiger partial charge in [-0.15, -0.1) is 0 Å². The molecule has 0 spiro atoms. The smallest absolute Gasteiger partial charge is 0.251 e. The fourth-order valence-corrected chi connectivity index (χ4v) is 4.81. The van der Waals surface area contributed by atoms with Crippen molar-refractivity contribution in [2.75, 3.05) is 18.8 Å². The molecule has 176 valence electrons. The fraction of sp³-hybridized carbons (Fsp3) is 0.154. The zero-order valence-electron chi connectivity index (χ0n) is 18.8. The van der Waals surface area contributed by atoms with Crippen LogP contribution in [-0.4, -0.2) is 44.2 Å². The second-order valence-corrected chi connectivity index (χ2v) is 8.41. The van der Waals surface area contributed by atoms with Crippen molar-refractivity contribution in [3.8, 4) is 22.5 Å². The van der Waals surface area contributed by atoms with Gasteiger partial charge in [-0.3, -0.25) is 19.0 Å². The molecule has 5 rings (SSSR count). The van der Waals surface area contributed by atoms with E-state index in [0.717, 1.165) is 17.5 Å². The Hall–Kier alpha value is -4.53. The Morgan fingerprint density at radius 1 is 1.14 bits per heavy atom. The van der Waals surface area contributed by atoms with Crippen LogP contribution in [0.1, 0.15) is 28.3 Å². The average Bonchev–Trinajstić information content (AvgIpc) is 3.49. The van der Waals surface area contributed by atoms with Gasteiger partial charge in [0.15, 0.2) is 0 Å². The number of pyridine rings is 1. The number of anilines is 1. The molecule has 0 radical (unpaired) electrons. The van der Waals surface area contributed by atoms with Gasteiger partial charge in [-0.05, 0) is 48.4 Å². The minimum Gasteiger partial charge on any atom is -0.369 e. The quantitative estimate of drug-likeness (QED) is 0.433. The van der Waals surface area contributed by atoms with Crippen molar-refractivity contribution in [3.63, 3.8) is 0 Å². The first-order chi connectivity index (χ1) is 16.9. The molecule has 1 unspecified atom stereocenters. The van der Waals surface area contributed by atoms with Crippen LogP contribution in [0, 0.1) is 5.82 Å². The number of nitrogen functional groups attached to an aromatic ring is 1. The number of amides is 2. The number of fused-ring (bicyclic) bond motifs is 1. The first-order valence-corrected chi connectivity index (χ1v) is 11.1. The van der Waals surface area contributed by atoms with Crippen molar-refractivity contribution in [1.29, 1.82) is 0 Å². The van der Waals surface area contributed by atoms with Gasteiger partial charge in [0.2, 0.25) is 11.9 Å². The molecule has 0 aliphatic carbocycles. The van der Waals surface area contributed by atoms with Gasteiger partial charge >= 0.3 is 0 Å². The Bertz CT molecular complexity index is 1480. The molecule has 0 bridgehead atoms. The Balaban J connectivity index is 1.75. The molecule has 4 heterocycles. The molecule has 35 heavy (non-hydrogen) atoms. The number of hydrogen-bond donors (Lipinski definition) is 2. The zero-order valence-corrected chi connectivity index (χ0v) is 18.8. The van der Waals surface area contributed by atoms with E-state index in [4.69, 9.17) is 11.5 Å². The van der Waals surface area contributed by atoms with Gasteiger partial charge in [0.05, 0.1) is 22.5 Å². The molecular weight excluding hydrogens is 447 g/mol. The van der Waals surface area contributed by atoms with Gasteiger partial charge in [0.1, 0.15) is 5.82 Å². The van der Waals surface area contributed by atoms with E-state index in [0.29, 0.717) is 30.0 Å². The lowest BCUT2D eigenvalue weighted by atomic mass is 9.95. The Morgan fingerprint density at radius 3 is 2.69 bits per heavy atom. The summed E-state index contributed by atoms with van der Waals surface area (Å²) in [5.41, 5.74) is 14.9. The minimum absolute atomic E-state index is 0.0532. The number of benzene rings is 1. The third-order valence-electron chi connectivity index (χ3n) is 6.46. The highest BCUT2D eigenvalue weighted by atomic mass is 19.1. The molecule has 0 saturated carbocycles. The molecule has 4 aromatic rings. The summed E-state index contributed by atoms with van der Waals surface area (Å²) in [6.45, 7) is 4.73. The maximum Gasteiger partial charge on any atom is 0.251 e. The van der Waals surface area contributed by atoms with Crippen molar-refractivity contribution in [3.05, 3.63) is 84.5 Å². The lowest BCUT2D eigenvalue weighted by Gasteiger charge is -2.14. The molecule has 1 saturated heterocycles. The first kappa shape index (κ1) is 22.3. The molecule has 1 fully saturated rings. The van der Waals surface area contributed by atoms with Crippen LogP contribution in [0.4, 0.5) is 10.3 Å². The number of aromatic nitrogens is 3. The molecule has 3 aromatic heterocycles. The number of rotatable bonds is 5. The normalized spacial score (nSPS) is 15.5. The summed E-state index contributed by atoms with van der Waals surface area (Å²) in [7, 11) is 0. The standard InChI is InChI=1S/C26H23FN6O2/c1-2-22(34)32-12-9-15(14-32)18-13-21(33-20(18)8-11-31-26(33)29)16-6-7-17(25(28)35)24(27)23(16)19-5-3-4-10-30-19/h2-8,10-11,13,15H,1,9,12,14H2,(H2,28,35)(H2,29,31).